The van der Waals surface area contributed by atoms with Crippen molar-refractivity contribution >= 4 is 5.91 Å². The number of ether oxygens (including phenoxy) is 1. The monoisotopic (exact) mass is 204 g/mol. The summed E-state index contributed by atoms with van der Waals surface area (Å²) in [5.41, 5.74) is 0. The number of hydrogen-bond donors (Lipinski definition) is 3. The molecule has 14 heavy (non-hydrogen) atoms. The maximum absolute atomic E-state index is 11.1. The minimum Gasteiger partial charge on any atom is -0.391 e. The molecule has 0 aliphatic carbocycles. The number of nitrogens with one attached hydrogen (secondary N) is 2. The molecule has 0 aromatic heterocycles. The van der Waals surface area contributed by atoms with Crippen molar-refractivity contribution in [2.24, 2.45) is 0 Å². The molecule has 0 spiro atoms. The lowest BCUT2D eigenvalue weighted by Gasteiger charge is -2.14. The minimum absolute atomic E-state index is 0.0498. The third-order valence-electron chi connectivity index (χ3n) is 1.93. The van der Waals surface area contributed by atoms with Crippen LogP contribution in [-0.2, 0) is 9.53 Å². The molecule has 5 nitrogen and oxygen atoms in total. The summed E-state index contributed by atoms with van der Waals surface area (Å²) >= 11 is 0. The van der Waals surface area contributed by atoms with Gasteiger partial charge < -0.3 is 20.5 Å². The van der Waals surface area contributed by atoms with E-state index in [2.05, 4.69) is 10.6 Å². The summed E-state index contributed by atoms with van der Waals surface area (Å²) in [5, 5.41) is 14.8. The van der Waals surface area contributed by atoms with Gasteiger partial charge in [-0.15, -0.1) is 0 Å². The highest BCUT2D eigenvalue weighted by Gasteiger charge is 2.10. The van der Waals surface area contributed by atoms with Crippen molar-refractivity contribution in [3.63, 3.8) is 0 Å². The third-order valence-corrected chi connectivity index (χ3v) is 1.93. The quantitative estimate of drug-likeness (QED) is 0.503. The minimum atomic E-state index is -0.468. The number of methoxy groups -OCH3 is 1. The second-order valence-electron chi connectivity index (χ2n) is 3.19. The molecule has 0 rings (SSSR count). The van der Waals surface area contributed by atoms with Gasteiger partial charge in [0.15, 0.2) is 0 Å². The van der Waals surface area contributed by atoms with Gasteiger partial charge in [-0.3, -0.25) is 4.79 Å². The number of carbonyl (C=O) groups excluding carboxylic acids is 1. The van der Waals surface area contributed by atoms with E-state index in [-0.39, 0.29) is 11.9 Å². The van der Waals surface area contributed by atoms with Gasteiger partial charge in [-0.2, -0.15) is 0 Å². The van der Waals surface area contributed by atoms with Gasteiger partial charge in [-0.25, -0.2) is 0 Å². The first-order chi connectivity index (χ1) is 6.61. The Kier molecular flexibility index (Phi) is 7.37. The Balaban J connectivity index is 3.48. The third kappa shape index (κ3) is 5.90. The Bertz CT molecular complexity index is 164. The molecule has 2 unspecified atom stereocenters. The largest absolute Gasteiger partial charge is 0.391 e. The highest BCUT2D eigenvalue weighted by molar-refractivity contribution is 5.80. The van der Waals surface area contributed by atoms with Crippen LogP contribution >= 0.6 is 0 Å². The predicted octanol–water partition coefficient (Wildman–Crippen LogP) is -0.892. The summed E-state index contributed by atoms with van der Waals surface area (Å²) in [5.74, 6) is -0.0498. The average Bonchev–Trinajstić information content (AvgIpc) is 2.16. The van der Waals surface area contributed by atoms with Crippen LogP contribution in [0.3, 0.4) is 0 Å². The zero-order valence-electron chi connectivity index (χ0n) is 9.04. The number of carbonyl (C=O) groups is 1. The maximum atomic E-state index is 11.1. The summed E-state index contributed by atoms with van der Waals surface area (Å²) in [6.07, 6.45) is 0.110. The smallest absolute Gasteiger partial charge is 0.236 e. The maximum Gasteiger partial charge on any atom is 0.236 e. The first kappa shape index (κ1) is 13.4. The molecule has 0 aromatic rings. The SMILES string of the molecule is CNC(=O)C(C)NCCC(O)COC. The number of amides is 1. The van der Waals surface area contributed by atoms with Crippen molar-refractivity contribution in [3.05, 3.63) is 0 Å². The summed E-state index contributed by atoms with van der Waals surface area (Å²) < 4.78 is 4.77. The van der Waals surface area contributed by atoms with Crippen LogP contribution in [0.4, 0.5) is 0 Å². The molecular weight excluding hydrogens is 184 g/mol. The van der Waals surface area contributed by atoms with Gasteiger partial charge in [0.1, 0.15) is 0 Å². The van der Waals surface area contributed by atoms with Gasteiger partial charge in [0, 0.05) is 14.2 Å². The van der Waals surface area contributed by atoms with Crippen LogP contribution in [0, 0.1) is 0 Å². The summed E-state index contributed by atoms with van der Waals surface area (Å²) in [6, 6.07) is -0.227. The molecule has 2 atom stereocenters. The van der Waals surface area contributed by atoms with Crippen LogP contribution in [-0.4, -0.2) is 50.5 Å². The van der Waals surface area contributed by atoms with E-state index >= 15 is 0 Å². The van der Waals surface area contributed by atoms with Gasteiger partial charge in [-0.1, -0.05) is 0 Å². The first-order valence-electron chi connectivity index (χ1n) is 4.73. The van der Waals surface area contributed by atoms with Gasteiger partial charge in [-0.05, 0) is 19.9 Å². The molecule has 3 N–H and O–H groups in total. The number of rotatable bonds is 7. The number of aliphatic hydroxyl groups is 1. The molecule has 0 saturated heterocycles. The number of aliphatic hydroxyl groups excluding tert-OH is 1. The van der Waals surface area contributed by atoms with Crippen LogP contribution in [0.5, 0.6) is 0 Å². The van der Waals surface area contributed by atoms with Crippen LogP contribution in [0.2, 0.25) is 0 Å². The van der Waals surface area contributed by atoms with E-state index in [0.29, 0.717) is 19.6 Å². The average molecular weight is 204 g/mol. The second kappa shape index (κ2) is 7.73. The fourth-order valence-corrected chi connectivity index (χ4v) is 1.05. The summed E-state index contributed by atoms with van der Waals surface area (Å²) in [6.45, 7) is 2.71. The standard InChI is InChI=1S/C9H20N2O3/c1-7(9(13)10-2)11-5-4-8(12)6-14-3/h7-8,11-12H,4-6H2,1-3H3,(H,10,13). The summed E-state index contributed by atoms with van der Waals surface area (Å²) in [4.78, 5) is 11.1. The zero-order valence-corrected chi connectivity index (χ0v) is 9.04. The molecule has 5 heteroatoms. The van der Waals surface area contributed by atoms with E-state index in [4.69, 9.17) is 4.74 Å². The summed E-state index contributed by atoms with van der Waals surface area (Å²) in [7, 11) is 3.14. The van der Waals surface area contributed by atoms with Gasteiger partial charge in [0.05, 0.1) is 18.8 Å². The molecule has 0 bridgehead atoms. The number of likely N-dealkylation sites (N-methyl/N-ethyl adjacent to an activating group) is 1. The predicted molar refractivity (Wildman–Crippen MR) is 54.0 cm³/mol. The Morgan fingerprint density at radius 2 is 2.21 bits per heavy atom. The van der Waals surface area contributed by atoms with Gasteiger partial charge in [0.2, 0.25) is 5.91 Å². The van der Waals surface area contributed by atoms with E-state index in [0.717, 1.165) is 0 Å². The van der Waals surface area contributed by atoms with Crippen LogP contribution < -0.4 is 10.6 Å². The number of hydrogen-bond acceptors (Lipinski definition) is 4. The molecule has 84 valence electrons. The van der Waals surface area contributed by atoms with Gasteiger partial charge >= 0.3 is 0 Å². The van der Waals surface area contributed by atoms with Crippen LogP contribution in [0.15, 0.2) is 0 Å². The van der Waals surface area contributed by atoms with Crippen LogP contribution in [0.25, 0.3) is 0 Å². The van der Waals surface area contributed by atoms with Crippen LogP contribution in [0.1, 0.15) is 13.3 Å². The molecule has 0 aliphatic heterocycles. The topological polar surface area (TPSA) is 70.6 Å². The van der Waals surface area contributed by atoms with Crippen molar-refractivity contribution in [1.82, 2.24) is 10.6 Å². The Hall–Kier alpha value is -0.650. The molecule has 0 aromatic carbocycles. The fourth-order valence-electron chi connectivity index (χ4n) is 1.05. The van der Waals surface area contributed by atoms with Crippen molar-refractivity contribution in [2.75, 3.05) is 27.3 Å². The van der Waals surface area contributed by atoms with E-state index in [1.165, 1.54) is 0 Å². The molecule has 0 heterocycles. The highest BCUT2D eigenvalue weighted by atomic mass is 16.5. The molecule has 0 saturated carbocycles. The van der Waals surface area contributed by atoms with Crippen molar-refractivity contribution in [1.29, 1.82) is 0 Å². The molecular formula is C9H20N2O3. The lowest BCUT2D eigenvalue weighted by atomic mass is 10.2. The van der Waals surface area contributed by atoms with Gasteiger partial charge in [0.25, 0.3) is 0 Å². The second-order valence-corrected chi connectivity index (χ2v) is 3.19. The van der Waals surface area contributed by atoms with Crippen molar-refractivity contribution in [2.45, 2.75) is 25.5 Å². The van der Waals surface area contributed by atoms with Crippen molar-refractivity contribution < 1.29 is 14.6 Å². The highest BCUT2D eigenvalue weighted by Crippen LogP contribution is 1.91. The van der Waals surface area contributed by atoms with E-state index < -0.39 is 6.10 Å². The molecule has 0 radical (unpaired) electrons. The lowest BCUT2D eigenvalue weighted by molar-refractivity contribution is -0.122. The molecule has 0 aliphatic rings. The fraction of sp³-hybridized carbons (Fsp3) is 0.889. The molecule has 1 amide bonds. The Morgan fingerprint density at radius 1 is 1.57 bits per heavy atom. The Labute approximate surface area is 84.8 Å². The first-order valence-corrected chi connectivity index (χ1v) is 4.73. The Morgan fingerprint density at radius 3 is 2.71 bits per heavy atom. The lowest BCUT2D eigenvalue weighted by Crippen LogP contribution is -2.41. The normalized spacial score (nSPS) is 14.9. The van der Waals surface area contributed by atoms with E-state index in [9.17, 15) is 9.90 Å². The zero-order chi connectivity index (χ0) is 11.0. The van der Waals surface area contributed by atoms with Crippen molar-refractivity contribution in [3.8, 4) is 0 Å². The molecule has 0 fully saturated rings. The van der Waals surface area contributed by atoms with E-state index in [1.807, 2.05) is 0 Å². The van der Waals surface area contributed by atoms with E-state index in [1.54, 1.807) is 21.1 Å².